The summed E-state index contributed by atoms with van der Waals surface area (Å²) < 4.78 is 7.24. The fourth-order valence-electron chi connectivity index (χ4n) is 1.73. The van der Waals surface area contributed by atoms with Crippen molar-refractivity contribution >= 4 is 12.6 Å². The van der Waals surface area contributed by atoms with Crippen LogP contribution in [0.25, 0.3) is 0 Å². The van der Waals surface area contributed by atoms with Crippen molar-refractivity contribution in [1.82, 2.24) is 9.78 Å². The molecule has 1 aromatic heterocycles. The molecule has 5 nitrogen and oxygen atoms in total. The predicted octanol–water partition coefficient (Wildman–Crippen LogP) is 0.170. The second-order valence-corrected chi connectivity index (χ2v) is 4.30. The van der Waals surface area contributed by atoms with Gasteiger partial charge in [-0.1, -0.05) is 30.3 Å². The van der Waals surface area contributed by atoms with Crippen molar-refractivity contribution in [1.29, 1.82) is 0 Å². The number of ether oxygens (including phenoxy) is 1. The SMILES string of the molecule is OB(O)c1cnn(CCCOCc2ccccc2)c1. The minimum atomic E-state index is -1.46. The van der Waals surface area contributed by atoms with E-state index in [9.17, 15) is 0 Å². The minimum Gasteiger partial charge on any atom is -0.423 e. The molecule has 0 unspecified atom stereocenters. The number of hydrogen-bond acceptors (Lipinski definition) is 4. The lowest BCUT2D eigenvalue weighted by atomic mass is 9.83. The second-order valence-electron chi connectivity index (χ2n) is 4.30. The summed E-state index contributed by atoms with van der Waals surface area (Å²) >= 11 is 0. The third-order valence-electron chi connectivity index (χ3n) is 2.74. The highest BCUT2D eigenvalue weighted by atomic mass is 16.5. The van der Waals surface area contributed by atoms with Gasteiger partial charge in [0.15, 0.2) is 0 Å². The van der Waals surface area contributed by atoms with Crippen LogP contribution in [0.2, 0.25) is 0 Å². The molecule has 2 rings (SSSR count). The molecule has 1 heterocycles. The van der Waals surface area contributed by atoms with Crippen LogP contribution in [0.5, 0.6) is 0 Å². The molecule has 0 spiro atoms. The highest BCUT2D eigenvalue weighted by molar-refractivity contribution is 6.58. The lowest BCUT2D eigenvalue weighted by Crippen LogP contribution is -2.28. The first kappa shape index (κ1) is 13.8. The van der Waals surface area contributed by atoms with Gasteiger partial charge in [0.2, 0.25) is 0 Å². The molecular formula is C13H17BN2O3. The van der Waals surface area contributed by atoms with Gasteiger partial charge in [-0.25, -0.2) is 0 Å². The van der Waals surface area contributed by atoms with Crippen LogP contribution in [0.3, 0.4) is 0 Å². The molecule has 0 aliphatic carbocycles. The van der Waals surface area contributed by atoms with E-state index >= 15 is 0 Å². The average molecular weight is 260 g/mol. The van der Waals surface area contributed by atoms with E-state index in [1.165, 1.54) is 6.20 Å². The van der Waals surface area contributed by atoms with E-state index in [1.807, 2.05) is 30.3 Å². The Kier molecular flexibility index (Phi) is 5.14. The first-order valence-corrected chi connectivity index (χ1v) is 6.26. The number of rotatable bonds is 7. The van der Waals surface area contributed by atoms with Gasteiger partial charge in [-0.05, 0) is 12.0 Å². The monoisotopic (exact) mass is 260 g/mol. The Morgan fingerprint density at radius 1 is 1.21 bits per heavy atom. The molecule has 100 valence electrons. The Morgan fingerprint density at radius 3 is 2.68 bits per heavy atom. The number of aromatic nitrogens is 2. The summed E-state index contributed by atoms with van der Waals surface area (Å²) in [6, 6.07) is 10.0. The molecule has 0 atom stereocenters. The van der Waals surface area contributed by atoms with Crippen LogP contribution >= 0.6 is 0 Å². The van der Waals surface area contributed by atoms with Crippen molar-refractivity contribution < 1.29 is 14.8 Å². The zero-order valence-electron chi connectivity index (χ0n) is 10.6. The molecule has 2 N–H and O–H groups in total. The summed E-state index contributed by atoms with van der Waals surface area (Å²) in [6.45, 7) is 1.95. The van der Waals surface area contributed by atoms with Gasteiger partial charge >= 0.3 is 7.12 Å². The molecule has 6 heteroatoms. The van der Waals surface area contributed by atoms with E-state index in [4.69, 9.17) is 14.8 Å². The van der Waals surface area contributed by atoms with Gasteiger partial charge in [0.05, 0.1) is 6.61 Å². The van der Waals surface area contributed by atoms with Crippen LogP contribution in [0.4, 0.5) is 0 Å². The Labute approximate surface area is 112 Å². The molecule has 0 saturated heterocycles. The molecule has 19 heavy (non-hydrogen) atoms. The standard InChI is InChI=1S/C13H17BN2O3/c17-14(18)13-9-15-16(10-13)7-4-8-19-11-12-5-2-1-3-6-12/h1-3,5-6,9-10,17-18H,4,7-8,11H2. The summed E-state index contributed by atoms with van der Waals surface area (Å²) in [5.41, 5.74) is 1.57. The summed E-state index contributed by atoms with van der Waals surface area (Å²) in [6.07, 6.45) is 3.91. The number of benzene rings is 1. The highest BCUT2D eigenvalue weighted by Crippen LogP contribution is 2.01. The summed E-state index contributed by atoms with van der Waals surface area (Å²) in [5.74, 6) is 0. The largest absolute Gasteiger partial charge is 0.491 e. The molecule has 0 amide bonds. The summed E-state index contributed by atoms with van der Waals surface area (Å²) in [7, 11) is -1.46. The van der Waals surface area contributed by atoms with Gasteiger partial charge in [0.1, 0.15) is 0 Å². The number of hydrogen-bond donors (Lipinski definition) is 2. The van der Waals surface area contributed by atoms with Gasteiger partial charge in [-0.15, -0.1) is 0 Å². The number of aryl methyl sites for hydroxylation is 1. The van der Waals surface area contributed by atoms with Gasteiger partial charge in [0.25, 0.3) is 0 Å². The zero-order valence-corrected chi connectivity index (χ0v) is 10.6. The Morgan fingerprint density at radius 2 is 2.00 bits per heavy atom. The third kappa shape index (κ3) is 4.52. The van der Waals surface area contributed by atoms with Crippen molar-refractivity contribution in [3.8, 4) is 0 Å². The zero-order chi connectivity index (χ0) is 13.5. The minimum absolute atomic E-state index is 0.408. The molecule has 0 aliphatic rings. The van der Waals surface area contributed by atoms with Crippen LogP contribution in [-0.4, -0.2) is 33.6 Å². The van der Waals surface area contributed by atoms with E-state index < -0.39 is 7.12 Å². The first-order valence-electron chi connectivity index (χ1n) is 6.26. The fraction of sp³-hybridized carbons (Fsp3) is 0.308. The van der Waals surface area contributed by atoms with E-state index in [1.54, 1.807) is 10.9 Å². The first-order chi connectivity index (χ1) is 9.25. The van der Waals surface area contributed by atoms with E-state index in [2.05, 4.69) is 5.10 Å². The van der Waals surface area contributed by atoms with Crippen molar-refractivity contribution in [2.45, 2.75) is 19.6 Å². The average Bonchev–Trinajstić information content (AvgIpc) is 2.89. The van der Waals surface area contributed by atoms with Gasteiger partial charge in [-0.2, -0.15) is 5.10 Å². The maximum absolute atomic E-state index is 8.95. The van der Waals surface area contributed by atoms with Gasteiger partial charge < -0.3 is 14.8 Å². The topological polar surface area (TPSA) is 67.5 Å². The van der Waals surface area contributed by atoms with E-state index in [0.717, 1.165) is 12.0 Å². The van der Waals surface area contributed by atoms with Crippen molar-refractivity contribution in [3.63, 3.8) is 0 Å². The van der Waals surface area contributed by atoms with Gasteiger partial charge in [-0.3, -0.25) is 4.68 Å². The predicted molar refractivity (Wildman–Crippen MR) is 72.8 cm³/mol. The normalized spacial score (nSPS) is 10.6. The lowest BCUT2D eigenvalue weighted by molar-refractivity contribution is 0.115. The summed E-state index contributed by atoms with van der Waals surface area (Å²) in [4.78, 5) is 0. The molecule has 0 radical (unpaired) electrons. The van der Waals surface area contributed by atoms with Crippen molar-refractivity contribution in [2.24, 2.45) is 0 Å². The lowest BCUT2D eigenvalue weighted by Gasteiger charge is -2.04. The quantitative estimate of drug-likeness (QED) is 0.550. The molecule has 0 aliphatic heterocycles. The summed E-state index contributed by atoms with van der Waals surface area (Å²) in [5, 5.41) is 21.9. The van der Waals surface area contributed by atoms with Crippen LogP contribution in [0.1, 0.15) is 12.0 Å². The molecule has 0 bridgehead atoms. The van der Waals surface area contributed by atoms with Crippen LogP contribution in [0, 0.1) is 0 Å². The van der Waals surface area contributed by atoms with Gasteiger partial charge in [0, 0.05) is 31.0 Å². The molecule has 1 aromatic carbocycles. The second kappa shape index (κ2) is 7.08. The van der Waals surface area contributed by atoms with Crippen molar-refractivity contribution in [3.05, 3.63) is 48.3 Å². The molecule has 2 aromatic rings. The van der Waals surface area contributed by atoms with Crippen molar-refractivity contribution in [2.75, 3.05) is 6.61 Å². The molecular weight excluding hydrogens is 243 g/mol. The third-order valence-corrected chi connectivity index (χ3v) is 2.74. The number of nitrogens with zero attached hydrogens (tertiary/aromatic N) is 2. The van der Waals surface area contributed by atoms with Crippen LogP contribution in [0.15, 0.2) is 42.7 Å². The van der Waals surface area contributed by atoms with E-state index in [-0.39, 0.29) is 0 Å². The smallest absolute Gasteiger partial charge is 0.423 e. The van der Waals surface area contributed by atoms with Crippen LogP contribution < -0.4 is 5.46 Å². The van der Waals surface area contributed by atoms with E-state index in [0.29, 0.717) is 25.2 Å². The molecule has 0 saturated carbocycles. The Hall–Kier alpha value is -1.63. The highest BCUT2D eigenvalue weighted by Gasteiger charge is 2.12. The Balaban J connectivity index is 1.64. The maximum Gasteiger partial charge on any atom is 0.491 e. The van der Waals surface area contributed by atoms with Crippen LogP contribution in [-0.2, 0) is 17.9 Å². The maximum atomic E-state index is 8.95. The Bertz CT molecular complexity index is 488. The molecule has 0 fully saturated rings. The fourth-order valence-corrected chi connectivity index (χ4v) is 1.73.